The first-order chi connectivity index (χ1) is 21.0. The fourth-order valence-electron chi connectivity index (χ4n) is 5.56. The molecule has 0 aromatic heterocycles. The normalized spacial score (nSPS) is 17.3. The number of ether oxygens (including phenoxy) is 3. The van der Waals surface area contributed by atoms with Crippen molar-refractivity contribution in [2.24, 2.45) is 5.92 Å². The second kappa shape index (κ2) is 11.4. The molecule has 230 valence electrons. The molecule has 6 rings (SSSR count). The maximum Gasteiger partial charge on any atom is 0.264 e. The number of hydrogen-bond acceptors (Lipinski definition) is 7. The van der Waals surface area contributed by atoms with Crippen molar-refractivity contribution in [3.05, 3.63) is 102 Å². The van der Waals surface area contributed by atoms with Crippen molar-refractivity contribution in [1.29, 1.82) is 0 Å². The zero-order valence-electron chi connectivity index (χ0n) is 24.9. The molecule has 9 nitrogen and oxygen atoms in total. The third kappa shape index (κ3) is 5.46. The third-order valence-electron chi connectivity index (χ3n) is 7.76. The van der Waals surface area contributed by atoms with E-state index in [4.69, 9.17) is 14.2 Å². The molecule has 4 aromatic rings. The SMILES string of the molecule is COc1ccc2c(c1)N(S(=O)(=O)c1ccc(C)cc1)CC1c3cc(NS(=O)(=O)c4ccccc4)cc(OCC(C)C)c3OC21. The quantitative estimate of drug-likeness (QED) is 0.231. The number of anilines is 2. The number of hydrogen-bond donors (Lipinski definition) is 1. The molecule has 2 heterocycles. The van der Waals surface area contributed by atoms with Crippen LogP contribution in [-0.2, 0) is 20.0 Å². The highest BCUT2D eigenvalue weighted by atomic mass is 32.2. The Bertz CT molecular complexity index is 1910. The maximum absolute atomic E-state index is 14.1. The van der Waals surface area contributed by atoms with Crippen molar-refractivity contribution in [3.8, 4) is 17.2 Å². The van der Waals surface area contributed by atoms with Crippen molar-refractivity contribution in [2.75, 3.05) is 29.3 Å². The lowest BCUT2D eigenvalue weighted by Gasteiger charge is -2.36. The maximum atomic E-state index is 14.1. The van der Waals surface area contributed by atoms with E-state index in [1.54, 1.807) is 66.7 Å². The summed E-state index contributed by atoms with van der Waals surface area (Å²) in [5, 5.41) is 0. The Balaban J connectivity index is 1.47. The molecule has 0 amide bonds. The summed E-state index contributed by atoms with van der Waals surface area (Å²) in [7, 11) is -6.36. The van der Waals surface area contributed by atoms with Crippen LogP contribution in [0.4, 0.5) is 11.4 Å². The van der Waals surface area contributed by atoms with E-state index in [0.717, 1.165) is 5.56 Å². The van der Waals surface area contributed by atoms with Crippen LogP contribution in [0.3, 0.4) is 0 Å². The van der Waals surface area contributed by atoms with Gasteiger partial charge in [0.05, 0.1) is 34.9 Å². The summed E-state index contributed by atoms with van der Waals surface area (Å²) in [5.74, 6) is 1.12. The van der Waals surface area contributed by atoms with Gasteiger partial charge < -0.3 is 14.2 Å². The summed E-state index contributed by atoms with van der Waals surface area (Å²) < 4.78 is 77.1. The molecule has 0 saturated heterocycles. The van der Waals surface area contributed by atoms with Gasteiger partial charge in [0, 0.05) is 35.7 Å². The Labute approximate surface area is 258 Å². The van der Waals surface area contributed by atoms with Crippen LogP contribution in [0.25, 0.3) is 0 Å². The van der Waals surface area contributed by atoms with Crippen LogP contribution >= 0.6 is 0 Å². The molecule has 1 N–H and O–H groups in total. The van der Waals surface area contributed by atoms with Crippen molar-refractivity contribution >= 4 is 31.4 Å². The van der Waals surface area contributed by atoms with Gasteiger partial charge in [-0.15, -0.1) is 0 Å². The number of aryl methyl sites for hydroxylation is 1. The first-order valence-electron chi connectivity index (χ1n) is 14.3. The second-order valence-electron chi connectivity index (χ2n) is 11.4. The number of rotatable bonds is 9. The fourth-order valence-corrected chi connectivity index (χ4v) is 8.13. The third-order valence-corrected chi connectivity index (χ3v) is 10.9. The number of nitrogens with zero attached hydrogens (tertiary/aromatic N) is 1. The van der Waals surface area contributed by atoms with Gasteiger partial charge in [0.15, 0.2) is 11.5 Å². The Hall–Kier alpha value is -4.22. The molecule has 2 aliphatic rings. The van der Waals surface area contributed by atoms with Crippen LogP contribution in [0.2, 0.25) is 0 Å². The van der Waals surface area contributed by atoms with Crippen LogP contribution in [0, 0.1) is 12.8 Å². The first-order valence-corrected chi connectivity index (χ1v) is 17.2. The van der Waals surface area contributed by atoms with Gasteiger partial charge in [-0.3, -0.25) is 9.03 Å². The largest absolute Gasteiger partial charge is 0.497 e. The minimum absolute atomic E-state index is 0.0621. The Morgan fingerprint density at radius 1 is 0.909 bits per heavy atom. The van der Waals surface area contributed by atoms with E-state index in [0.29, 0.717) is 46.4 Å². The van der Waals surface area contributed by atoms with Crippen molar-refractivity contribution < 1.29 is 31.0 Å². The van der Waals surface area contributed by atoms with Crippen LogP contribution in [0.1, 0.15) is 42.6 Å². The lowest BCUT2D eigenvalue weighted by molar-refractivity contribution is 0.192. The summed E-state index contributed by atoms with van der Waals surface area (Å²) in [6.07, 6.45) is -0.530. The van der Waals surface area contributed by atoms with Crippen LogP contribution in [0.15, 0.2) is 94.7 Å². The standard InChI is InChI=1S/C33H34N2O7S2/c1-21(2)20-41-31-17-23(34-43(36,37)25-8-6-5-7-9-25)16-28-29-19-35(44(38,39)26-13-10-22(3)11-14-26)30-18-24(40-4)12-15-27(30)32(29)42-33(28)31/h5-18,21,29,32,34H,19-20H2,1-4H3. The van der Waals surface area contributed by atoms with Gasteiger partial charge in [-0.1, -0.05) is 49.7 Å². The summed E-state index contributed by atoms with van der Waals surface area (Å²) in [6.45, 7) is 6.37. The molecule has 0 aliphatic carbocycles. The number of nitrogens with one attached hydrogen (secondary N) is 1. The van der Waals surface area contributed by atoms with E-state index in [1.165, 1.54) is 23.5 Å². The number of sulfonamides is 2. The fraction of sp³-hybridized carbons (Fsp3) is 0.273. The molecule has 44 heavy (non-hydrogen) atoms. The molecule has 0 spiro atoms. The lowest BCUT2D eigenvalue weighted by atomic mass is 9.87. The van der Waals surface area contributed by atoms with Gasteiger partial charge in [-0.05, 0) is 55.3 Å². The summed E-state index contributed by atoms with van der Waals surface area (Å²) in [5.41, 5.74) is 3.04. The van der Waals surface area contributed by atoms with E-state index >= 15 is 0 Å². The molecule has 11 heteroatoms. The highest BCUT2D eigenvalue weighted by Crippen LogP contribution is 2.56. The predicted molar refractivity (Wildman–Crippen MR) is 169 cm³/mol. The Morgan fingerprint density at radius 2 is 1.64 bits per heavy atom. The van der Waals surface area contributed by atoms with Crippen molar-refractivity contribution in [1.82, 2.24) is 0 Å². The number of fused-ring (bicyclic) bond motifs is 5. The molecular formula is C33H34N2O7S2. The van der Waals surface area contributed by atoms with E-state index in [9.17, 15) is 16.8 Å². The van der Waals surface area contributed by atoms with E-state index in [1.807, 2.05) is 26.8 Å². The highest BCUT2D eigenvalue weighted by Gasteiger charge is 2.47. The number of benzene rings is 4. The molecule has 0 saturated carbocycles. The van der Waals surface area contributed by atoms with Gasteiger partial charge in [0.1, 0.15) is 11.9 Å². The summed E-state index contributed by atoms with van der Waals surface area (Å²) in [6, 6.07) is 23.5. The zero-order valence-corrected chi connectivity index (χ0v) is 26.5. The number of methoxy groups -OCH3 is 1. The van der Waals surface area contributed by atoms with Crippen molar-refractivity contribution in [3.63, 3.8) is 0 Å². The highest BCUT2D eigenvalue weighted by molar-refractivity contribution is 7.93. The molecule has 0 bridgehead atoms. The molecule has 2 aliphatic heterocycles. The zero-order chi connectivity index (χ0) is 31.2. The minimum atomic E-state index is -3.99. The Kier molecular flexibility index (Phi) is 7.71. The van der Waals surface area contributed by atoms with Gasteiger partial charge in [0.2, 0.25) is 0 Å². The van der Waals surface area contributed by atoms with E-state index in [2.05, 4.69) is 4.72 Å². The van der Waals surface area contributed by atoms with Gasteiger partial charge in [-0.25, -0.2) is 16.8 Å². The monoisotopic (exact) mass is 634 g/mol. The predicted octanol–water partition coefficient (Wildman–Crippen LogP) is 6.27. The smallest absolute Gasteiger partial charge is 0.264 e. The van der Waals surface area contributed by atoms with E-state index in [-0.39, 0.29) is 22.3 Å². The molecule has 2 unspecified atom stereocenters. The van der Waals surface area contributed by atoms with Gasteiger partial charge in [-0.2, -0.15) is 0 Å². The Morgan fingerprint density at radius 3 is 2.32 bits per heavy atom. The molecule has 4 aromatic carbocycles. The molecule has 2 atom stereocenters. The minimum Gasteiger partial charge on any atom is -0.497 e. The topological polar surface area (TPSA) is 111 Å². The second-order valence-corrected chi connectivity index (χ2v) is 15.0. The van der Waals surface area contributed by atoms with Crippen molar-refractivity contribution in [2.45, 2.75) is 42.6 Å². The first kappa shape index (κ1) is 29.8. The molecular weight excluding hydrogens is 601 g/mol. The summed E-state index contributed by atoms with van der Waals surface area (Å²) >= 11 is 0. The molecule has 0 radical (unpaired) electrons. The lowest BCUT2D eigenvalue weighted by Crippen LogP contribution is -2.40. The van der Waals surface area contributed by atoms with Crippen LogP contribution in [0.5, 0.6) is 17.2 Å². The average molecular weight is 635 g/mol. The van der Waals surface area contributed by atoms with Crippen LogP contribution < -0.4 is 23.2 Å². The van der Waals surface area contributed by atoms with Gasteiger partial charge in [0.25, 0.3) is 20.0 Å². The van der Waals surface area contributed by atoms with Gasteiger partial charge >= 0.3 is 0 Å². The average Bonchev–Trinajstić information content (AvgIpc) is 3.38. The summed E-state index contributed by atoms with van der Waals surface area (Å²) in [4.78, 5) is 0.287. The molecule has 0 fully saturated rings. The van der Waals surface area contributed by atoms with Crippen LogP contribution in [-0.4, -0.2) is 37.1 Å². The van der Waals surface area contributed by atoms with E-state index < -0.39 is 32.1 Å².